The van der Waals surface area contributed by atoms with Crippen molar-refractivity contribution >= 4 is 11.9 Å². The van der Waals surface area contributed by atoms with E-state index < -0.39 is 17.3 Å². The lowest BCUT2D eigenvalue weighted by Crippen LogP contribution is -2.45. The Kier molecular flexibility index (Phi) is 4.78. The molecule has 84 valence electrons. The maximum atomic E-state index is 11.8. The van der Waals surface area contributed by atoms with Gasteiger partial charge in [-0.05, 0) is 13.8 Å². The quantitative estimate of drug-likeness (QED) is 0.532. The van der Waals surface area contributed by atoms with E-state index in [2.05, 4.69) is 13.2 Å². The van der Waals surface area contributed by atoms with Gasteiger partial charge in [-0.15, -0.1) is 13.2 Å². The third-order valence-corrected chi connectivity index (χ3v) is 2.06. The first-order valence-corrected chi connectivity index (χ1v) is 4.62. The van der Waals surface area contributed by atoms with Gasteiger partial charge in [-0.2, -0.15) is 0 Å². The highest BCUT2D eigenvalue weighted by Gasteiger charge is 2.38. The molecule has 0 saturated carbocycles. The lowest BCUT2D eigenvalue weighted by Gasteiger charge is -2.27. The highest BCUT2D eigenvalue weighted by molar-refractivity contribution is 6.01. The molecule has 0 saturated heterocycles. The first kappa shape index (κ1) is 13.4. The molecule has 0 aromatic carbocycles. The van der Waals surface area contributed by atoms with Crippen LogP contribution in [0.25, 0.3) is 0 Å². The van der Waals surface area contributed by atoms with Crippen LogP contribution in [0.1, 0.15) is 13.8 Å². The molecule has 0 spiro atoms. The van der Waals surface area contributed by atoms with Crippen LogP contribution in [0.2, 0.25) is 0 Å². The van der Waals surface area contributed by atoms with E-state index in [0.717, 1.165) is 0 Å². The van der Waals surface area contributed by atoms with Crippen molar-refractivity contribution in [2.24, 2.45) is 5.41 Å². The highest BCUT2D eigenvalue weighted by Crippen LogP contribution is 2.19. The third kappa shape index (κ3) is 3.23. The molecular weight excluding hydrogens is 194 g/mol. The van der Waals surface area contributed by atoms with Crippen LogP contribution in [0.4, 0.5) is 0 Å². The second kappa shape index (κ2) is 5.34. The summed E-state index contributed by atoms with van der Waals surface area (Å²) in [5.41, 5.74) is -1.41. The van der Waals surface area contributed by atoms with Gasteiger partial charge < -0.3 is 10.0 Å². The third-order valence-electron chi connectivity index (χ3n) is 2.06. The Morgan fingerprint density at radius 2 is 1.67 bits per heavy atom. The van der Waals surface area contributed by atoms with Gasteiger partial charge in [-0.25, -0.2) is 0 Å². The monoisotopic (exact) mass is 211 g/mol. The number of carboxylic acid groups (broad SMARTS) is 1. The zero-order valence-corrected chi connectivity index (χ0v) is 9.19. The summed E-state index contributed by atoms with van der Waals surface area (Å²) < 4.78 is 0. The molecule has 1 N–H and O–H groups in total. The Bertz CT molecular complexity index is 272. The second-order valence-corrected chi connectivity index (χ2v) is 3.72. The predicted octanol–water partition coefficient (Wildman–Crippen LogP) is 1.30. The van der Waals surface area contributed by atoms with E-state index in [-0.39, 0.29) is 0 Å². The molecule has 0 aromatic heterocycles. The number of carboxylic acids is 1. The summed E-state index contributed by atoms with van der Waals surface area (Å²) >= 11 is 0. The van der Waals surface area contributed by atoms with Crippen LogP contribution in [0, 0.1) is 5.41 Å². The van der Waals surface area contributed by atoms with Crippen molar-refractivity contribution in [3.63, 3.8) is 0 Å². The van der Waals surface area contributed by atoms with Gasteiger partial charge in [0.25, 0.3) is 0 Å². The summed E-state index contributed by atoms with van der Waals surface area (Å²) in [5, 5.41) is 8.90. The molecule has 0 unspecified atom stereocenters. The number of amides is 1. The number of aliphatic carboxylic acids is 1. The van der Waals surface area contributed by atoms with Crippen LogP contribution in [0.15, 0.2) is 25.3 Å². The smallest absolute Gasteiger partial charge is 0.318 e. The van der Waals surface area contributed by atoms with E-state index in [1.807, 2.05) is 0 Å². The van der Waals surface area contributed by atoms with Crippen molar-refractivity contribution in [1.29, 1.82) is 0 Å². The van der Waals surface area contributed by atoms with Crippen molar-refractivity contribution in [2.75, 3.05) is 13.1 Å². The van der Waals surface area contributed by atoms with E-state index in [9.17, 15) is 9.59 Å². The fourth-order valence-electron chi connectivity index (χ4n) is 1.04. The molecule has 0 aliphatic carbocycles. The van der Waals surface area contributed by atoms with Crippen LogP contribution in [-0.2, 0) is 9.59 Å². The summed E-state index contributed by atoms with van der Waals surface area (Å²) in [6.45, 7) is 10.4. The summed E-state index contributed by atoms with van der Waals surface area (Å²) in [4.78, 5) is 24.1. The number of hydrogen-bond donors (Lipinski definition) is 1. The molecule has 15 heavy (non-hydrogen) atoms. The van der Waals surface area contributed by atoms with Gasteiger partial charge in [0.2, 0.25) is 5.91 Å². The zero-order valence-electron chi connectivity index (χ0n) is 9.19. The second-order valence-electron chi connectivity index (χ2n) is 3.72. The van der Waals surface area contributed by atoms with Gasteiger partial charge in [0, 0.05) is 13.1 Å². The molecule has 4 heteroatoms. The standard InChI is InChI=1S/C11H17NO3/c1-5-7-12(8-6-2)9(13)11(3,4)10(14)15/h5-6H,1-2,7-8H2,3-4H3,(H,14,15). The minimum atomic E-state index is -1.41. The van der Waals surface area contributed by atoms with Crippen LogP contribution < -0.4 is 0 Å². The summed E-state index contributed by atoms with van der Waals surface area (Å²) in [6, 6.07) is 0. The number of carbonyl (C=O) groups excluding carboxylic acids is 1. The molecule has 4 nitrogen and oxygen atoms in total. The number of carbonyl (C=O) groups is 2. The van der Waals surface area contributed by atoms with Crippen molar-refractivity contribution in [3.8, 4) is 0 Å². The van der Waals surface area contributed by atoms with Crippen LogP contribution in [0.3, 0.4) is 0 Å². The first-order chi connectivity index (χ1) is 6.87. The summed E-state index contributed by atoms with van der Waals surface area (Å²) in [6.07, 6.45) is 3.11. The maximum absolute atomic E-state index is 11.8. The molecule has 0 fully saturated rings. The van der Waals surface area contributed by atoms with Crippen molar-refractivity contribution in [2.45, 2.75) is 13.8 Å². The molecule has 0 aliphatic rings. The van der Waals surface area contributed by atoms with E-state index in [4.69, 9.17) is 5.11 Å². The number of nitrogens with zero attached hydrogens (tertiary/aromatic N) is 1. The fraction of sp³-hybridized carbons (Fsp3) is 0.455. The zero-order chi connectivity index (χ0) is 12.1. The highest BCUT2D eigenvalue weighted by atomic mass is 16.4. The minimum Gasteiger partial charge on any atom is -0.480 e. The average Bonchev–Trinajstić information content (AvgIpc) is 2.16. The molecule has 0 atom stereocenters. The molecule has 0 aromatic rings. The molecular formula is C11H17NO3. The molecule has 1 amide bonds. The van der Waals surface area contributed by atoms with Gasteiger partial charge in [0.1, 0.15) is 5.41 Å². The Morgan fingerprint density at radius 3 is 1.93 bits per heavy atom. The topological polar surface area (TPSA) is 57.6 Å². The van der Waals surface area contributed by atoms with Crippen molar-refractivity contribution < 1.29 is 14.7 Å². The van der Waals surface area contributed by atoms with Gasteiger partial charge in [-0.1, -0.05) is 12.2 Å². The van der Waals surface area contributed by atoms with Gasteiger partial charge in [0.15, 0.2) is 0 Å². The SMILES string of the molecule is C=CCN(CC=C)C(=O)C(C)(C)C(=O)O. The predicted molar refractivity (Wildman–Crippen MR) is 58.4 cm³/mol. The largest absolute Gasteiger partial charge is 0.480 e. The maximum Gasteiger partial charge on any atom is 0.318 e. The lowest BCUT2D eigenvalue weighted by molar-refractivity contribution is -0.157. The lowest BCUT2D eigenvalue weighted by atomic mass is 9.92. The minimum absolute atomic E-state index is 0.321. The number of rotatable bonds is 6. The Labute approximate surface area is 89.9 Å². The van der Waals surface area contributed by atoms with Crippen LogP contribution >= 0.6 is 0 Å². The van der Waals surface area contributed by atoms with Crippen LogP contribution in [0.5, 0.6) is 0 Å². The Morgan fingerprint density at radius 1 is 1.27 bits per heavy atom. The molecule has 0 rings (SSSR count). The molecule has 0 heterocycles. The summed E-state index contributed by atoms with van der Waals surface area (Å²) in [5.74, 6) is -1.57. The van der Waals surface area contributed by atoms with E-state index in [1.54, 1.807) is 12.2 Å². The van der Waals surface area contributed by atoms with E-state index >= 15 is 0 Å². The Hall–Kier alpha value is -1.58. The van der Waals surface area contributed by atoms with Crippen molar-refractivity contribution in [3.05, 3.63) is 25.3 Å². The molecule has 0 aliphatic heterocycles. The van der Waals surface area contributed by atoms with Gasteiger partial charge in [-0.3, -0.25) is 9.59 Å². The van der Waals surface area contributed by atoms with Crippen molar-refractivity contribution in [1.82, 2.24) is 4.90 Å². The van der Waals surface area contributed by atoms with Gasteiger partial charge in [0.05, 0.1) is 0 Å². The van der Waals surface area contributed by atoms with Gasteiger partial charge >= 0.3 is 5.97 Å². The first-order valence-electron chi connectivity index (χ1n) is 4.62. The summed E-state index contributed by atoms with van der Waals surface area (Å²) in [7, 11) is 0. The van der Waals surface area contributed by atoms with E-state index in [0.29, 0.717) is 13.1 Å². The average molecular weight is 211 g/mol. The van der Waals surface area contributed by atoms with E-state index in [1.165, 1.54) is 18.7 Å². The number of hydrogen-bond acceptors (Lipinski definition) is 2. The molecule has 0 bridgehead atoms. The Balaban J connectivity index is 4.83. The van der Waals surface area contributed by atoms with Crippen LogP contribution in [-0.4, -0.2) is 35.0 Å². The fourth-order valence-corrected chi connectivity index (χ4v) is 1.04. The normalized spacial score (nSPS) is 10.5. The molecule has 0 radical (unpaired) electrons.